The highest BCUT2D eigenvalue weighted by atomic mass is 35.5. The second-order valence-electron chi connectivity index (χ2n) is 8.77. The summed E-state index contributed by atoms with van der Waals surface area (Å²) in [5, 5.41) is 19.8. The standard InChI is InChI=1S/C30H24Cl2N2O4/c1-2-6-27-23(29(34-38-27)28-24(31)10-5-11-25(28)32)17-37-21-13-14-22-18(16-21)7-4-12-26(22)33-20-9-3-8-19(15-20)30(35)36/h3-5,7-16,33H,2,6,17H2,1H3,(H,35,36). The minimum absolute atomic E-state index is 0.222. The van der Waals surface area contributed by atoms with Crippen molar-refractivity contribution in [3.05, 3.63) is 106 Å². The summed E-state index contributed by atoms with van der Waals surface area (Å²) in [5.74, 6) is 0.458. The summed E-state index contributed by atoms with van der Waals surface area (Å²) in [5.41, 5.74) is 3.80. The smallest absolute Gasteiger partial charge is 0.335 e. The molecule has 6 nitrogen and oxygen atoms in total. The van der Waals surface area contributed by atoms with Crippen LogP contribution in [0.1, 0.15) is 35.0 Å². The number of aromatic nitrogens is 1. The van der Waals surface area contributed by atoms with E-state index in [-0.39, 0.29) is 12.2 Å². The van der Waals surface area contributed by atoms with Gasteiger partial charge in [-0.15, -0.1) is 0 Å². The zero-order chi connectivity index (χ0) is 26.6. The SMILES string of the molecule is CCCc1onc(-c2c(Cl)cccc2Cl)c1COc1ccc2c(Nc3cccc(C(=O)O)c3)cccc2c1. The number of nitrogens with one attached hydrogen (secondary N) is 1. The lowest BCUT2D eigenvalue weighted by atomic mass is 10.0. The minimum Gasteiger partial charge on any atom is -0.489 e. The van der Waals surface area contributed by atoms with Gasteiger partial charge in [0.25, 0.3) is 0 Å². The highest BCUT2D eigenvalue weighted by Crippen LogP contribution is 2.38. The molecule has 0 spiro atoms. The van der Waals surface area contributed by atoms with Gasteiger partial charge in [-0.05, 0) is 66.4 Å². The van der Waals surface area contributed by atoms with Crippen molar-refractivity contribution >= 4 is 51.3 Å². The largest absolute Gasteiger partial charge is 0.489 e. The topological polar surface area (TPSA) is 84.6 Å². The van der Waals surface area contributed by atoms with Gasteiger partial charge in [-0.2, -0.15) is 0 Å². The molecule has 0 amide bonds. The summed E-state index contributed by atoms with van der Waals surface area (Å²) < 4.78 is 11.9. The summed E-state index contributed by atoms with van der Waals surface area (Å²) in [6.07, 6.45) is 1.60. The summed E-state index contributed by atoms with van der Waals surface area (Å²) in [7, 11) is 0. The summed E-state index contributed by atoms with van der Waals surface area (Å²) in [6.45, 7) is 2.31. The number of nitrogens with zero attached hydrogens (tertiary/aromatic N) is 1. The van der Waals surface area contributed by atoms with Gasteiger partial charge in [0.15, 0.2) is 0 Å². The Hall–Kier alpha value is -4.00. The number of ether oxygens (including phenoxy) is 1. The fourth-order valence-corrected chi connectivity index (χ4v) is 4.91. The Balaban J connectivity index is 1.42. The summed E-state index contributed by atoms with van der Waals surface area (Å²) >= 11 is 12.9. The molecule has 5 aromatic rings. The number of hydrogen-bond acceptors (Lipinski definition) is 5. The van der Waals surface area contributed by atoms with Crippen LogP contribution in [0.15, 0.2) is 83.4 Å². The van der Waals surface area contributed by atoms with E-state index in [1.165, 1.54) is 0 Å². The maximum absolute atomic E-state index is 11.3. The van der Waals surface area contributed by atoms with E-state index < -0.39 is 5.97 Å². The number of anilines is 2. The molecule has 5 rings (SSSR count). The Morgan fingerprint density at radius 1 is 1.00 bits per heavy atom. The van der Waals surface area contributed by atoms with Gasteiger partial charge >= 0.3 is 5.97 Å². The molecule has 0 saturated heterocycles. The van der Waals surface area contributed by atoms with Gasteiger partial charge in [-0.1, -0.05) is 59.5 Å². The van der Waals surface area contributed by atoms with Crippen LogP contribution in [0.5, 0.6) is 5.75 Å². The van der Waals surface area contributed by atoms with Crippen molar-refractivity contribution in [1.29, 1.82) is 0 Å². The van der Waals surface area contributed by atoms with Crippen molar-refractivity contribution in [1.82, 2.24) is 5.16 Å². The third kappa shape index (κ3) is 5.32. The van der Waals surface area contributed by atoms with Crippen molar-refractivity contribution in [2.24, 2.45) is 0 Å². The maximum Gasteiger partial charge on any atom is 0.335 e. The molecule has 0 aliphatic rings. The first-order valence-corrected chi connectivity index (χ1v) is 12.9. The fraction of sp³-hybridized carbons (Fsp3) is 0.133. The molecular formula is C30H24Cl2N2O4. The second-order valence-corrected chi connectivity index (χ2v) is 9.58. The summed E-state index contributed by atoms with van der Waals surface area (Å²) in [4.78, 5) is 11.3. The van der Waals surface area contributed by atoms with Crippen LogP contribution in [0, 0.1) is 0 Å². The van der Waals surface area contributed by atoms with E-state index in [0.717, 1.165) is 34.2 Å². The van der Waals surface area contributed by atoms with Crippen LogP contribution >= 0.6 is 23.2 Å². The number of carboxylic acid groups (broad SMARTS) is 1. The normalized spacial score (nSPS) is 11.0. The van der Waals surface area contributed by atoms with Crippen LogP contribution < -0.4 is 10.1 Å². The average molecular weight is 547 g/mol. The zero-order valence-corrected chi connectivity index (χ0v) is 22.0. The number of benzene rings is 4. The van der Waals surface area contributed by atoms with E-state index in [2.05, 4.69) is 17.4 Å². The van der Waals surface area contributed by atoms with Gasteiger partial charge in [0.2, 0.25) is 0 Å². The first-order chi connectivity index (χ1) is 18.4. The van der Waals surface area contributed by atoms with Crippen molar-refractivity contribution in [3.63, 3.8) is 0 Å². The van der Waals surface area contributed by atoms with E-state index in [4.69, 9.17) is 32.5 Å². The van der Waals surface area contributed by atoms with Crippen molar-refractivity contribution in [3.8, 4) is 17.0 Å². The highest BCUT2D eigenvalue weighted by Gasteiger charge is 2.22. The Labute approximate surface area is 229 Å². The van der Waals surface area contributed by atoms with E-state index in [1.807, 2.05) is 42.5 Å². The fourth-order valence-electron chi connectivity index (χ4n) is 4.34. The molecule has 1 heterocycles. The lowest BCUT2D eigenvalue weighted by Gasteiger charge is -2.13. The molecule has 1 aromatic heterocycles. The van der Waals surface area contributed by atoms with Crippen molar-refractivity contribution in [2.45, 2.75) is 26.4 Å². The van der Waals surface area contributed by atoms with Crippen LogP contribution in [0.3, 0.4) is 0 Å². The molecule has 4 aromatic carbocycles. The predicted octanol–water partition coefficient (Wildman–Crippen LogP) is 8.77. The number of carbonyl (C=O) groups is 1. The molecule has 38 heavy (non-hydrogen) atoms. The highest BCUT2D eigenvalue weighted by molar-refractivity contribution is 6.39. The molecule has 0 atom stereocenters. The van der Waals surface area contributed by atoms with E-state index >= 15 is 0 Å². The third-order valence-corrected chi connectivity index (χ3v) is 6.80. The first kappa shape index (κ1) is 25.6. The number of hydrogen-bond donors (Lipinski definition) is 2. The quantitative estimate of drug-likeness (QED) is 0.192. The Bertz CT molecular complexity index is 1610. The van der Waals surface area contributed by atoms with Crippen molar-refractivity contribution in [2.75, 3.05) is 5.32 Å². The molecule has 0 radical (unpaired) electrons. The lowest BCUT2D eigenvalue weighted by molar-refractivity contribution is 0.0697. The molecule has 0 aliphatic heterocycles. The van der Waals surface area contributed by atoms with Gasteiger partial charge in [0.1, 0.15) is 23.8 Å². The van der Waals surface area contributed by atoms with Gasteiger partial charge in [-0.3, -0.25) is 0 Å². The molecule has 0 fully saturated rings. The van der Waals surface area contributed by atoms with Gasteiger partial charge in [0, 0.05) is 28.7 Å². The van der Waals surface area contributed by atoms with E-state index in [9.17, 15) is 9.90 Å². The number of aryl methyl sites for hydroxylation is 1. The Morgan fingerprint density at radius 3 is 2.53 bits per heavy atom. The number of halogens is 2. The van der Waals surface area contributed by atoms with Gasteiger partial charge in [0.05, 0.1) is 21.2 Å². The molecule has 0 saturated carbocycles. The van der Waals surface area contributed by atoms with Crippen molar-refractivity contribution < 1.29 is 19.2 Å². The van der Waals surface area contributed by atoms with Crippen LogP contribution in [-0.2, 0) is 13.0 Å². The third-order valence-electron chi connectivity index (χ3n) is 6.17. The van der Waals surface area contributed by atoms with E-state index in [0.29, 0.717) is 39.2 Å². The molecular weight excluding hydrogens is 523 g/mol. The lowest BCUT2D eigenvalue weighted by Crippen LogP contribution is -2.01. The number of aromatic carboxylic acids is 1. The maximum atomic E-state index is 11.3. The monoisotopic (exact) mass is 546 g/mol. The first-order valence-electron chi connectivity index (χ1n) is 12.1. The molecule has 0 unspecified atom stereocenters. The van der Waals surface area contributed by atoms with Crippen LogP contribution in [0.2, 0.25) is 10.0 Å². The zero-order valence-electron chi connectivity index (χ0n) is 20.5. The average Bonchev–Trinajstić information content (AvgIpc) is 3.29. The predicted molar refractivity (Wildman–Crippen MR) is 151 cm³/mol. The van der Waals surface area contributed by atoms with Crippen LogP contribution in [0.25, 0.3) is 22.0 Å². The number of rotatable bonds is 9. The molecule has 0 bridgehead atoms. The number of fused-ring (bicyclic) bond motifs is 1. The van der Waals surface area contributed by atoms with Crippen LogP contribution in [0.4, 0.5) is 11.4 Å². The Kier molecular flexibility index (Phi) is 7.54. The Morgan fingerprint density at radius 2 is 1.76 bits per heavy atom. The molecule has 2 N–H and O–H groups in total. The minimum atomic E-state index is -0.969. The number of carboxylic acids is 1. The molecule has 192 valence electrons. The molecule has 8 heteroatoms. The van der Waals surface area contributed by atoms with E-state index in [1.54, 1.807) is 36.4 Å². The summed E-state index contributed by atoms with van der Waals surface area (Å²) in [6, 6.07) is 23.8. The van der Waals surface area contributed by atoms with Gasteiger partial charge in [-0.25, -0.2) is 4.79 Å². The van der Waals surface area contributed by atoms with Gasteiger partial charge < -0.3 is 19.7 Å². The second kappa shape index (κ2) is 11.2. The molecule has 0 aliphatic carbocycles. The van der Waals surface area contributed by atoms with Crippen LogP contribution in [-0.4, -0.2) is 16.2 Å².